The largest absolute Gasteiger partial charge is 0.456 e. The van der Waals surface area contributed by atoms with E-state index in [0.717, 1.165) is 5.56 Å². The molecule has 2 rings (SSSR count). The van der Waals surface area contributed by atoms with Gasteiger partial charge in [-0.2, -0.15) is 0 Å². The van der Waals surface area contributed by atoms with Gasteiger partial charge in [0.2, 0.25) is 5.91 Å². The van der Waals surface area contributed by atoms with Crippen LogP contribution in [0.2, 0.25) is 5.02 Å². The van der Waals surface area contributed by atoms with E-state index in [2.05, 4.69) is 10.6 Å². The third-order valence-corrected chi connectivity index (χ3v) is 3.32. The predicted molar refractivity (Wildman–Crippen MR) is 80.6 cm³/mol. The number of anilines is 1. The van der Waals surface area contributed by atoms with Gasteiger partial charge in [-0.3, -0.25) is 9.59 Å². The summed E-state index contributed by atoms with van der Waals surface area (Å²) in [6, 6.07) is 8.48. The molecule has 2 amide bonds. The molecule has 1 aromatic carbocycles. The highest BCUT2D eigenvalue weighted by Crippen LogP contribution is 2.22. The van der Waals surface area contributed by atoms with Gasteiger partial charge in [-0.25, -0.2) is 0 Å². The number of rotatable bonds is 4. The molecule has 21 heavy (non-hydrogen) atoms. The molecule has 0 radical (unpaired) electrons. The number of nitrogens with one attached hydrogen (secondary N) is 2. The Kier molecular flexibility index (Phi) is 4.65. The Bertz CT molecular complexity index is 679. The van der Waals surface area contributed by atoms with Crippen molar-refractivity contribution in [3.05, 3.63) is 52.4 Å². The van der Waals surface area contributed by atoms with Gasteiger partial charge in [-0.1, -0.05) is 17.7 Å². The molecule has 0 bridgehead atoms. The summed E-state index contributed by atoms with van der Waals surface area (Å²) in [5.41, 5.74) is 1.40. The van der Waals surface area contributed by atoms with Crippen molar-refractivity contribution in [1.29, 1.82) is 0 Å². The van der Waals surface area contributed by atoms with Crippen molar-refractivity contribution >= 4 is 29.1 Å². The minimum absolute atomic E-state index is 0.148. The standard InChI is InChI=1S/C15H15ClN2O3/c1-9-6-7-13(21-9)15(20)17-8-14(19)18-12-5-3-4-11(16)10(12)2/h3-7H,8H2,1-2H3,(H,17,20)(H,18,19). The lowest BCUT2D eigenvalue weighted by molar-refractivity contribution is -0.115. The van der Waals surface area contributed by atoms with Gasteiger partial charge in [0.25, 0.3) is 5.91 Å². The lowest BCUT2D eigenvalue weighted by Gasteiger charge is -2.09. The zero-order chi connectivity index (χ0) is 15.4. The Morgan fingerprint density at radius 1 is 1.19 bits per heavy atom. The molecule has 0 atom stereocenters. The topological polar surface area (TPSA) is 71.3 Å². The number of aryl methyl sites for hydroxylation is 1. The number of halogens is 1. The van der Waals surface area contributed by atoms with E-state index >= 15 is 0 Å². The zero-order valence-corrected chi connectivity index (χ0v) is 12.5. The van der Waals surface area contributed by atoms with E-state index in [0.29, 0.717) is 16.5 Å². The van der Waals surface area contributed by atoms with Crippen molar-refractivity contribution in [2.75, 3.05) is 11.9 Å². The minimum Gasteiger partial charge on any atom is -0.456 e. The molecule has 0 aliphatic rings. The van der Waals surface area contributed by atoms with E-state index in [-0.39, 0.29) is 18.2 Å². The number of amides is 2. The highest BCUT2D eigenvalue weighted by atomic mass is 35.5. The van der Waals surface area contributed by atoms with E-state index in [9.17, 15) is 9.59 Å². The summed E-state index contributed by atoms with van der Waals surface area (Å²) in [4.78, 5) is 23.5. The molecule has 0 aliphatic carbocycles. The molecule has 6 heteroatoms. The number of furan rings is 1. The maximum atomic E-state index is 11.8. The van der Waals surface area contributed by atoms with Gasteiger partial charge in [-0.15, -0.1) is 0 Å². The molecule has 0 fully saturated rings. The highest BCUT2D eigenvalue weighted by molar-refractivity contribution is 6.31. The average molecular weight is 307 g/mol. The van der Waals surface area contributed by atoms with Crippen molar-refractivity contribution in [3.8, 4) is 0 Å². The third-order valence-electron chi connectivity index (χ3n) is 2.92. The normalized spacial score (nSPS) is 10.2. The second-order valence-corrected chi connectivity index (χ2v) is 4.96. The summed E-state index contributed by atoms with van der Waals surface area (Å²) in [5.74, 6) is 0.0523. The summed E-state index contributed by atoms with van der Waals surface area (Å²) in [6.45, 7) is 3.40. The molecule has 1 aromatic heterocycles. The first-order valence-electron chi connectivity index (χ1n) is 6.37. The summed E-state index contributed by atoms with van der Waals surface area (Å²) in [7, 11) is 0. The molecule has 2 N–H and O–H groups in total. The van der Waals surface area contributed by atoms with Crippen molar-refractivity contribution in [1.82, 2.24) is 5.32 Å². The van der Waals surface area contributed by atoms with Crippen molar-refractivity contribution in [2.45, 2.75) is 13.8 Å². The SMILES string of the molecule is Cc1ccc(C(=O)NCC(=O)Nc2cccc(Cl)c2C)o1. The van der Waals surface area contributed by atoms with Crippen LogP contribution in [-0.2, 0) is 4.79 Å². The fraction of sp³-hybridized carbons (Fsp3) is 0.200. The second-order valence-electron chi connectivity index (χ2n) is 4.55. The van der Waals surface area contributed by atoms with Gasteiger partial charge in [-0.05, 0) is 43.7 Å². The van der Waals surface area contributed by atoms with Gasteiger partial charge < -0.3 is 15.1 Å². The van der Waals surface area contributed by atoms with Crippen LogP contribution in [0, 0.1) is 13.8 Å². The van der Waals surface area contributed by atoms with Crippen LogP contribution in [0.1, 0.15) is 21.9 Å². The first-order valence-corrected chi connectivity index (χ1v) is 6.75. The van der Waals surface area contributed by atoms with E-state index in [1.54, 1.807) is 37.3 Å². The minimum atomic E-state index is -0.430. The maximum absolute atomic E-state index is 11.8. The van der Waals surface area contributed by atoms with Crippen LogP contribution in [0.15, 0.2) is 34.7 Å². The molecule has 110 valence electrons. The molecule has 5 nitrogen and oxygen atoms in total. The Labute approximate surface area is 127 Å². The molecule has 0 aliphatic heterocycles. The van der Waals surface area contributed by atoms with Crippen LogP contribution in [0.25, 0.3) is 0 Å². The van der Waals surface area contributed by atoms with Crippen LogP contribution in [0.4, 0.5) is 5.69 Å². The molecule has 1 heterocycles. The Morgan fingerprint density at radius 2 is 1.95 bits per heavy atom. The average Bonchev–Trinajstić information content (AvgIpc) is 2.88. The molecule has 2 aromatic rings. The fourth-order valence-corrected chi connectivity index (χ4v) is 1.92. The fourth-order valence-electron chi connectivity index (χ4n) is 1.74. The lowest BCUT2D eigenvalue weighted by Crippen LogP contribution is -2.32. The van der Waals surface area contributed by atoms with Crippen LogP contribution in [0.5, 0.6) is 0 Å². The van der Waals surface area contributed by atoms with Gasteiger partial charge in [0.05, 0.1) is 6.54 Å². The molecular formula is C15H15ClN2O3. The number of benzene rings is 1. The van der Waals surface area contributed by atoms with Gasteiger partial charge >= 0.3 is 0 Å². The van der Waals surface area contributed by atoms with E-state index < -0.39 is 5.91 Å². The number of hydrogen-bond acceptors (Lipinski definition) is 3. The first kappa shape index (κ1) is 15.1. The maximum Gasteiger partial charge on any atom is 0.287 e. The summed E-state index contributed by atoms with van der Waals surface area (Å²) in [5, 5.41) is 5.76. The van der Waals surface area contributed by atoms with Crippen LogP contribution in [-0.4, -0.2) is 18.4 Å². The van der Waals surface area contributed by atoms with Crippen LogP contribution < -0.4 is 10.6 Å². The Hall–Kier alpha value is -2.27. The van der Waals surface area contributed by atoms with Gasteiger partial charge in [0.1, 0.15) is 5.76 Å². The van der Waals surface area contributed by atoms with E-state index in [1.165, 1.54) is 0 Å². The van der Waals surface area contributed by atoms with E-state index in [1.807, 2.05) is 6.92 Å². The molecular weight excluding hydrogens is 292 g/mol. The molecule has 0 unspecified atom stereocenters. The van der Waals surface area contributed by atoms with E-state index in [4.69, 9.17) is 16.0 Å². The number of carbonyl (C=O) groups is 2. The Balaban J connectivity index is 1.90. The van der Waals surface area contributed by atoms with Gasteiger partial charge in [0.15, 0.2) is 5.76 Å². The predicted octanol–water partition coefficient (Wildman–Crippen LogP) is 2.92. The number of carbonyl (C=O) groups excluding carboxylic acids is 2. The van der Waals surface area contributed by atoms with Crippen molar-refractivity contribution < 1.29 is 14.0 Å². The molecule has 0 saturated heterocycles. The molecule has 0 spiro atoms. The lowest BCUT2D eigenvalue weighted by atomic mass is 10.2. The summed E-state index contributed by atoms with van der Waals surface area (Å²) < 4.78 is 5.17. The summed E-state index contributed by atoms with van der Waals surface area (Å²) >= 11 is 5.97. The third kappa shape index (κ3) is 3.86. The van der Waals surface area contributed by atoms with Gasteiger partial charge in [0, 0.05) is 10.7 Å². The highest BCUT2D eigenvalue weighted by Gasteiger charge is 2.12. The van der Waals surface area contributed by atoms with Crippen molar-refractivity contribution in [2.24, 2.45) is 0 Å². The first-order chi connectivity index (χ1) is 9.97. The smallest absolute Gasteiger partial charge is 0.287 e. The van der Waals surface area contributed by atoms with Crippen LogP contribution >= 0.6 is 11.6 Å². The monoisotopic (exact) mass is 306 g/mol. The second kappa shape index (κ2) is 6.45. The Morgan fingerprint density at radius 3 is 2.62 bits per heavy atom. The van der Waals surface area contributed by atoms with Crippen molar-refractivity contribution in [3.63, 3.8) is 0 Å². The van der Waals surface area contributed by atoms with Crippen LogP contribution in [0.3, 0.4) is 0 Å². The zero-order valence-electron chi connectivity index (χ0n) is 11.7. The summed E-state index contributed by atoms with van der Waals surface area (Å²) in [6.07, 6.45) is 0. The quantitative estimate of drug-likeness (QED) is 0.912. The number of hydrogen-bond donors (Lipinski definition) is 2. The molecule has 0 saturated carbocycles.